The Morgan fingerprint density at radius 3 is 2.31 bits per heavy atom. The molecule has 1 heteroatoms. The molecule has 0 saturated carbocycles. The van der Waals surface area contributed by atoms with Crippen molar-refractivity contribution in [1.82, 2.24) is 0 Å². The van der Waals surface area contributed by atoms with E-state index < -0.39 is 0 Å². The van der Waals surface area contributed by atoms with Gasteiger partial charge in [0.05, 0.1) is 0 Å². The topological polar surface area (TPSA) is 26.0 Å². The molecule has 0 rings (SSSR count). The lowest BCUT2D eigenvalue weighted by molar-refractivity contribution is 0.337. The van der Waals surface area contributed by atoms with Crippen LogP contribution in [-0.4, -0.2) is 5.54 Å². The molecule has 0 amide bonds. The van der Waals surface area contributed by atoms with Crippen LogP contribution in [0.1, 0.15) is 40.0 Å². The summed E-state index contributed by atoms with van der Waals surface area (Å²) in [4.78, 5) is 0. The van der Waals surface area contributed by atoms with Crippen LogP contribution in [0.15, 0.2) is 24.8 Å². The second-order valence-electron chi connectivity index (χ2n) is 3.81. The Bertz CT molecular complexity index is 164. The van der Waals surface area contributed by atoms with Crippen LogP contribution in [0, 0.1) is 5.92 Å². The number of rotatable bonds is 6. The predicted molar refractivity (Wildman–Crippen MR) is 60.6 cm³/mol. The van der Waals surface area contributed by atoms with Crippen molar-refractivity contribution in [3.8, 4) is 0 Å². The molecular formula is C12H23N. The fourth-order valence-corrected chi connectivity index (χ4v) is 1.72. The van der Waals surface area contributed by atoms with E-state index in [1.807, 2.05) is 6.08 Å². The van der Waals surface area contributed by atoms with Crippen LogP contribution in [0.3, 0.4) is 0 Å². The Hall–Kier alpha value is -0.560. The van der Waals surface area contributed by atoms with Gasteiger partial charge in [0.25, 0.3) is 0 Å². The van der Waals surface area contributed by atoms with Crippen molar-refractivity contribution in [2.24, 2.45) is 11.7 Å². The SMILES string of the molecule is C=CCC=CC(C)(N)C(CC)CC. The van der Waals surface area contributed by atoms with E-state index in [-0.39, 0.29) is 5.54 Å². The lowest BCUT2D eigenvalue weighted by atomic mass is 9.82. The van der Waals surface area contributed by atoms with E-state index in [0.717, 1.165) is 19.3 Å². The zero-order valence-electron chi connectivity index (χ0n) is 9.22. The van der Waals surface area contributed by atoms with Crippen LogP contribution < -0.4 is 5.73 Å². The lowest BCUT2D eigenvalue weighted by Gasteiger charge is -2.29. The smallest absolute Gasteiger partial charge is 0.0338 e. The Kier molecular flexibility index (Phi) is 5.72. The molecule has 0 heterocycles. The van der Waals surface area contributed by atoms with E-state index >= 15 is 0 Å². The molecule has 1 atom stereocenters. The van der Waals surface area contributed by atoms with Gasteiger partial charge in [-0.15, -0.1) is 6.58 Å². The molecule has 1 nitrogen and oxygen atoms in total. The molecule has 0 fully saturated rings. The molecular weight excluding hydrogens is 158 g/mol. The van der Waals surface area contributed by atoms with Gasteiger partial charge in [-0.25, -0.2) is 0 Å². The minimum atomic E-state index is -0.160. The zero-order chi connectivity index (χ0) is 10.3. The minimum absolute atomic E-state index is 0.160. The summed E-state index contributed by atoms with van der Waals surface area (Å²) in [5.74, 6) is 0.577. The zero-order valence-corrected chi connectivity index (χ0v) is 9.22. The highest BCUT2D eigenvalue weighted by Gasteiger charge is 2.23. The number of hydrogen-bond donors (Lipinski definition) is 1. The summed E-state index contributed by atoms with van der Waals surface area (Å²) < 4.78 is 0. The molecule has 0 aromatic rings. The van der Waals surface area contributed by atoms with Crippen molar-refractivity contribution in [1.29, 1.82) is 0 Å². The van der Waals surface area contributed by atoms with Crippen LogP contribution >= 0.6 is 0 Å². The largest absolute Gasteiger partial charge is 0.322 e. The van der Waals surface area contributed by atoms with Crippen molar-refractivity contribution in [3.05, 3.63) is 24.8 Å². The molecule has 0 aliphatic carbocycles. The maximum Gasteiger partial charge on any atom is 0.0338 e. The van der Waals surface area contributed by atoms with Gasteiger partial charge in [0, 0.05) is 5.54 Å². The lowest BCUT2D eigenvalue weighted by Crippen LogP contribution is -2.41. The van der Waals surface area contributed by atoms with Crippen molar-refractivity contribution >= 4 is 0 Å². The molecule has 76 valence electrons. The average molecular weight is 181 g/mol. The van der Waals surface area contributed by atoms with Gasteiger partial charge in [-0.2, -0.15) is 0 Å². The van der Waals surface area contributed by atoms with Crippen LogP contribution in [0.25, 0.3) is 0 Å². The Balaban J connectivity index is 4.25. The van der Waals surface area contributed by atoms with Gasteiger partial charge in [0.1, 0.15) is 0 Å². The quantitative estimate of drug-likeness (QED) is 0.625. The standard InChI is InChI=1S/C12H23N/c1-5-8-9-10-12(4,13)11(6-2)7-3/h5,9-11H,1,6-8,13H2,2-4H3. The monoisotopic (exact) mass is 181 g/mol. The van der Waals surface area contributed by atoms with Crippen LogP contribution in [0.2, 0.25) is 0 Å². The van der Waals surface area contributed by atoms with Gasteiger partial charge >= 0.3 is 0 Å². The van der Waals surface area contributed by atoms with E-state index in [1.165, 1.54) is 0 Å². The van der Waals surface area contributed by atoms with Gasteiger partial charge in [-0.1, -0.05) is 44.9 Å². The molecule has 0 radical (unpaired) electrons. The molecule has 0 saturated heterocycles. The van der Waals surface area contributed by atoms with Gasteiger partial charge in [-0.3, -0.25) is 0 Å². The molecule has 2 N–H and O–H groups in total. The first-order valence-electron chi connectivity index (χ1n) is 5.15. The number of nitrogens with two attached hydrogens (primary N) is 1. The molecule has 13 heavy (non-hydrogen) atoms. The highest BCUT2D eigenvalue weighted by atomic mass is 14.7. The first-order chi connectivity index (χ1) is 6.08. The second-order valence-corrected chi connectivity index (χ2v) is 3.81. The second kappa shape index (κ2) is 5.98. The van der Waals surface area contributed by atoms with Crippen molar-refractivity contribution in [2.45, 2.75) is 45.6 Å². The molecule has 0 spiro atoms. The molecule has 0 aliphatic heterocycles. The van der Waals surface area contributed by atoms with Gasteiger partial charge in [0.2, 0.25) is 0 Å². The van der Waals surface area contributed by atoms with Crippen molar-refractivity contribution in [2.75, 3.05) is 0 Å². The summed E-state index contributed by atoms with van der Waals surface area (Å²) in [5.41, 5.74) is 6.04. The van der Waals surface area contributed by atoms with E-state index in [1.54, 1.807) is 0 Å². The Morgan fingerprint density at radius 2 is 1.92 bits per heavy atom. The van der Waals surface area contributed by atoms with E-state index in [4.69, 9.17) is 5.73 Å². The van der Waals surface area contributed by atoms with Gasteiger partial charge < -0.3 is 5.73 Å². The molecule has 0 aliphatic rings. The van der Waals surface area contributed by atoms with Crippen LogP contribution in [0.5, 0.6) is 0 Å². The Morgan fingerprint density at radius 1 is 1.38 bits per heavy atom. The molecule has 1 unspecified atom stereocenters. The Labute approximate surface area is 82.7 Å². The minimum Gasteiger partial charge on any atom is -0.322 e. The summed E-state index contributed by atoms with van der Waals surface area (Å²) >= 11 is 0. The van der Waals surface area contributed by atoms with Crippen LogP contribution in [-0.2, 0) is 0 Å². The number of hydrogen-bond acceptors (Lipinski definition) is 1. The highest BCUT2D eigenvalue weighted by Crippen LogP contribution is 2.22. The van der Waals surface area contributed by atoms with Crippen LogP contribution in [0.4, 0.5) is 0 Å². The third kappa shape index (κ3) is 4.28. The first-order valence-corrected chi connectivity index (χ1v) is 5.15. The molecule has 0 aromatic carbocycles. The van der Waals surface area contributed by atoms with E-state index in [0.29, 0.717) is 5.92 Å². The average Bonchev–Trinajstić information content (AvgIpc) is 2.06. The summed E-state index contributed by atoms with van der Waals surface area (Å²) in [6.07, 6.45) is 9.30. The third-order valence-electron chi connectivity index (χ3n) is 2.64. The first kappa shape index (κ1) is 12.4. The normalized spacial score (nSPS) is 16.4. The predicted octanol–water partition coefficient (Wildman–Crippen LogP) is 3.27. The fourth-order valence-electron chi connectivity index (χ4n) is 1.72. The maximum atomic E-state index is 6.20. The summed E-state index contributed by atoms with van der Waals surface area (Å²) in [6, 6.07) is 0. The summed E-state index contributed by atoms with van der Waals surface area (Å²) in [7, 11) is 0. The van der Waals surface area contributed by atoms with E-state index in [2.05, 4.69) is 39.5 Å². The molecule has 0 bridgehead atoms. The van der Waals surface area contributed by atoms with Crippen molar-refractivity contribution < 1.29 is 0 Å². The highest BCUT2D eigenvalue weighted by molar-refractivity contribution is 5.06. The fraction of sp³-hybridized carbons (Fsp3) is 0.667. The molecule has 0 aromatic heterocycles. The van der Waals surface area contributed by atoms with Gasteiger partial charge in [-0.05, 0) is 19.3 Å². The van der Waals surface area contributed by atoms with Crippen molar-refractivity contribution in [3.63, 3.8) is 0 Å². The number of allylic oxidation sites excluding steroid dienone is 2. The summed E-state index contributed by atoms with van der Waals surface area (Å²) in [6.45, 7) is 10.2. The maximum absolute atomic E-state index is 6.20. The van der Waals surface area contributed by atoms with Gasteiger partial charge in [0.15, 0.2) is 0 Å². The third-order valence-corrected chi connectivity index (χ3v) is 2.64. The van der Waals surface area contributed by atoms with E-state index in [9.17, 15) is 0 Å². The summed E-state index contributed by atoms with van der Waals surface area (Å²) in [5, 5.41) is 0.